The van der Waals surface area contributed by atoms with E-state index in [2.05, 4.69) is 11.1 Å². The molecule has 1 aromatic heterocycles. The molecule has 1 aliphatic carbocycles. The molecule has 1 heterocycles. The van der Waals surface area contributed by atoms with Gasteiger partial charge in [-0.25, -0.2) is 0 Å². The van der Waals surface area contributed by atoms with E-state index >= 15 is 0 Å². The standard InChI is InChI=1S/C10H10N2O/c11-6-7-1-2-9-8(5-7)10(13)3-4-12-9/h3-4,7H,1-2,5H2,(H,12,13). The van der Waals surface area contributed by atoms with Crippen LogP contribution in [0.2, 0.25) is 0 Å². The van der Waals surface area contributed by atoms with Gasteiger partial charge in [0, 0.05) is 23.5 Å². The predicted molar refractivity (Wildman–Crippen MR) is 48.2 cm³/mol. The Balaban J connectivity index is 2.45. The molecule has 0 radical (unpaired) electrons. The summed E-state index contributed by atoms with van der Waals surface area (Å²) in [6, 6.07) is 3.75. The lowest BCUT2D eigenvalue weighted by Gasteiger charge is -2.17. The summed E-state index contributed by atoms with van der Waals surface area (Å²) in [4.78, 5) is 14.5. The second-order valence-corrected chi connectivity index (χ2v) is 3.37. The molecule has 2 rings (SSSR count). The first-order valence-corrected chi connectivity index (χ1v) is 4.40. The smallest absolute Gasteiger partial charge is 0.185 e. The maximum atomic E-state index is 11.4. The number of nitriles is 1. The number of H-pyrrole nitrogens is 1. The van der Waals surface area contributed by atoms with Gasteiger partial charge in [0.25, 0.3) is 0 Å². The highest BCUT2D eigenvalue weighted by Crippen LogP contribution is 2.20. The topological polar surface area (TPSA) is 56.6 Å². The zero-order valence-electron chi connectivity index (χ0n) is 7.21. The molecular weight excluding hydrogens is 164 g/mol. The van der Waals surface area contributed by atoms with Crippen molar-refractivity contribution in [3.8, 4) is 6.07 Å². The number of fused-ring (bicyclic) bond motifs is 1. The first kappa shape index (κ1) is 8.06. The Morgan fingerprint density at radius 3 is 3.23 bits per heavy atom. The maximum Gasteiger partial charge on any atom is 0.185 e. The van der Waals surface area contributed by atoms with Crippen molar-refractivity contribution in [2.75, 3.05) is 0 Å². The Bertz CT molecular complexity index is 414. The summed E-state index contributed by atoms with van der Waals surface area (Å²) < 4.78 is 0. The minimum absolute atomic E-state index is 0.0241. The number of aromatic amines is 1. The SMILES string of the molecule is N#CC1CCc2[nH]ccc(=O)c2C1. The van der Waals surface area contributed by atoms with Crippen molar-refractivity contribution in [1.82, 2.24) is 4.98 Å². The van der Waals surface area contributed by atoms with Crippen LogP contribution in [-0.4, -0.2) is 4.98 Å². The molecule has 1 aromatic rings. The summed E-state index contributed by atoms with van der Waals surface area (Å²) >= 11 is 0. The van der Waals surface area contributed by atoms with Crippen LogP contribution in [0.1, 0.15) is 17.7 Å². The highest BCUT2D eigenvalue weighted by molar-refractivity contribution is 5.24. The number of nitrogens with zero attached hydrogens (tertiary/aromatic N) is 1. The molecule has 1 unspecified atom stereocenters. The zero-order valence-corrected chi connectivity index (χ0v) is 7.21. The van der Waals surface area contributed by atoms with Crippen LogP contribution in [0.3, 0.4) is 0 Å². The maximum absolute atomic E-state index is 11.4. The summed E-state index contributed by atoms with van der Waals surface area (Å²) in [6.45, 7) is 0. The monoisotopic (exact) mass is 174 g/mol. The quantitative estimate of drug-likeness (QED) is 0.638. The van der Waals surface area contributed by atoms with Gasteiger partial charge in [-0.3, -0.25) is 4.79 Å². The van der Waals surface area contributed by atoms with E-state index in [9.17, 15) is 4.79 Å². The Labute approximate surface area is 76.0 Å². The lowest BCUT2D eigenvalue weighted by atomic mass is 9.87. The fourth-order valence-corrected chi connectivity index (χ4v) is 1.78. The fraction of sp³-hybridized carbons (Fsp3) is 0.400. The van der Waals surface area contributed by atoms with Gasteiger partial charge in [-0.05, 0) is 19.3 Å². The van der Waals surface area contributed by atoms with E-state index in [4.69, 9.17) is 5.26 Å². The van der Waals surface area contributed by atoms with Gasteiger partial charge in [-0.2, -0.15) is 5.26 Å². The second-order valence-electron chi connectivity index (χ2n) is 3.37. The van der Waals surface area contributed by atoms with Crippen LogP contribution in [0.15, 0.2) is 17.1 Å². The molecule has 1 aliphatic rings. The molecule has 66 valence electrons. The zero-order chi connectivity index (χ0) is 9.26. The first-order valence-electron chi connectivity index (χ1n) is 4.40. The van der Waals surface area contributed by atoms with Crippen LogP contribution >= 0.6 is 0 Å². The number of pyridine rings is 1. The van der Waals surface area contributed by atoms with Gasteiger partial charge >= 0.3 is 0 Å². The van der Waals surface area contributed by atoms with Crippen molar-refractivity contribution >= 4 is 0 Å². The normalized spacial score (nSPS) is 20.4. The van der Waals surface area contributed by atoms with E-state index < -0.39 is 0 Å². The molecule has 0 amide bonds. The van der Waals surface area contributed by atoms with Crippen LogP contribution in [0.25, 0.3) is 0 Å². The first-order chi connectivity index (χ1) is 6.31. The molecule has 3 heteroatoms. The third-order valence-electron chi connectivity index (χ3n) is 2.53. The number of rotatable bonds is 0. The lowest BCUT2D eigenvalue weighted by Crippen LogP contribution is -2.21. The molecule has 0 saturated heterocycles. The Hall–Kier alpha value is -1.56. The molecule has 0 aliphatic heterocycles. The van der Waals surface area contributed by atoms with Crippen LogP contribution in [-0.2, 0) is 12.8 Å². The predicted octanol–water partition coefficient (Wildman–Crippen LogP) is 1.00. The molecular formula is C10H10N2O. The van der Waals surface area contributed by atoms with Crippen LogP contribution < -0.4 is 5.43 Å². The molecule has 1 N–H and O–H groups in total. The third-order valence-corrected chi connectivity index (χ3v) is 2.53. The van der Waals surface area contributed by atoms with Crippen molar-refractivity contribution in [2.45, 2.75) is 19.3 Å². The molecule has 1 atom stereocenters. The summed E-state index contributed by atoms with van der Waals surface area (Å²) in [5, 5.41) is 8.75. The number of aromatic nitrogens is 1. The number of nitrogens with one attached hydrogen (secondary N) is 1. The van der Waals surface area contributed by atoms with E-state index in [1.54, 1.807) is 6.20 Å². The third kappa shape index (κ3) is 1.35. The van der Waals surface area contributed by atoms with E-state index in [1.807, 2.05) is 0 Å². The molecule has 0 spiro atoms. The molecule has 13 heavy (non-hydrogen) atoms. The number of hydrogen-bond acceptors (Lipinski definition) is 2. The Kier molecular flexibility index (Phi) is 1.90. The minimum Gasteiger partial charge on any atom is -0.365 e. The van der Waals surface area contributed by atoms with E-state index in [0.717, 1.165) is 24.1 Å². The number of aryl methyl sites for hydroxylation is 1. The van der Waals surface area contributed by atoms with Crippen LogP contribution in [0.4, 0.5) is 0 Å². The molecule has 0 saturated carbocycles. The fourth-order valence-electron chi connectivity index (χ4n) is 1.78. The van der Waals surface area contributed by atoms with Gasteiger partial charge in [-0.1, -0.05) is 0 Å². The molecule has 0 fully saturated rings. The van der Waals surface area contributed by atoms with Crippen molar-refractivity contribution in [3.05, 3.63) is 33.7 Å². The largest absolute Gasteiger partial charge is 0.365 e. The lowest BCUT2D eigenvalue weighted by molar-refractivity contribution is 0.552. The van der Waals surface area contributed by atoms with Gasteiger partial charge in [0.1, 0.15) is 0 Å². The Morgan fingerprint density at radius 1 is 1.62 bits per heavy atom. The van der Waals surface area contributed by atoms with Crippen LogP contribution in [0.5, 0.6) is 0 Å². The minimum atomic E-state index is 0.0241. The summed E-state index contributed by atoms with van der Waals surface area (Å²) in [6.07, 6.45) is 3.98. The van der Waals surface area contributed by atoms with Crippen molar-refractivity contribution in [1.29, 1.82) is 5.26 Å². The van der Waals surface area contributed by atoms with Gasteiger partial charge in [-0.15, -0.1) is 0 Å². The van der Waals surface area contributed by atoms with Gasteiger partial charge in [0.15, 0.2) is 5.43 Å². The number of hydrogen-bond donors (Lipinski definition) is 1. The van der Waals surface area contributed by atoms with Crippen molar-refractivity contribution < 1.29 is 0 Å². The molecule has 3 nitrogen and oxygen atoms in total. The summed E-state index contributed by atoms with van der Waals surface area (Å²) in [7, 11) is 0. The average Bonchev–Trinajstić information content (AvgIpc) is 2.18. The van der Waals surface area contributed by atoms with E-state index in [1.165, 1.54) is 6.07 Å². The highest BCUT2D eigenvalue weighted by atomic mass is 16.1. The van der Waals surface area contributed by atoms with E-state index in [0.29, 0.717) is 6.42 Å². The van der Waals surface area contributed by atoms with Gasteiger partial charge < -0.3 is 4.98 Å². The summed E-state index contributed by atoms with van der Waals surface area (Å²) in [5.41, 5.74) is 1.88. The molecule has 0 bridgehead atoms. The van der Waals surface area contributed by atoms with Crippen molar-refractivity contribution in [2.24, 2.45) is 5.92 Å². The van der Waals surface area contributed by atoms with Gasteiger partial charge in [0.2, 0.25) is 0 Å². The summed E-state index contributed by atoms with van der Waals surface area (Å²) in [5.74, 6) is 0.0241. The van der Waals surface area contributed by atoms with Gasteiger partial charge in [0.05, 0.1) is 12.0 Å². The second kappa shape index (κ2) is 3.06. The average molecular weight is 174 g/mol. The Morgan fingerprint density at radius 2 is 2.46 bits per heavy atom. The van der Waals surface area contributed by atoms with Crippen molar-refractivity contribution in [3.63, 3.8) is 0 Å². The van der Waals surface area contributed by atoms with Crippen LogP contribution in [0, 0.1) is 17.2 Å². The highest BCUT2D eigenvalue weighted by Gasteiger charge is 2.20. The molecule has 0 aromatic carbocycles. The van der Waals surface area contributed by atoms with E-state index in [-0.39, 0.29) is 11.3 Å².